The van der Waals surface area contributed by atoms with Gasteiger partial charge in [-0.2, -0.15) is 0 Å². The Hall–Kier alpha value is -1.25. The summed E-state index contributed by atoms with van der Waals surface area (Å²) < 4.78 is 12.4. The van der Waals surface area contributed by atoms with E-state index in [1.807, 2.05) is 37.3 Å². The molecule has 0 aliphatic carbocycles. The molecule has 0 N–H and O–H groups in total. The first kappa shape index (κ1) is 9.94. The second-order valence-corrected chi connectivity index (χ2v) is 5.50. The first-order valence-electron chi connectivity index (χ1n) is 5.35. The predicted molar refractivity (Wildman–Crippen MR) is 65.1 cm³/mol. The smallest absolute Gasteiger partial charge is 0.164 e. The van der Waals surface area contributed by atoms with Crippen molar-refractivity contribution in [3.63, 3.8) is 0 Å². The molecule has 16 heavy (non-hydrogen) atoms. The lowest BCUT2D eigenvalue weighted by atomic mass is 10.0. The van der Waals surface area contributed by atoms with E-state index in [0.717, 1.165) is 21.8 Å². The van der Waals surface area contributed by atoms with E-state index < -0.39 is 11.2 Å². The van der Waals surface area contributed by atoms with Gasteiger partial charge in [0.2, 0.25) is 0 Å². The number of fused-ring (bicyclic) bond motifs is 2. The van der Waals surface area contributed by atoms with Gasteiger partial charge in [-0.15, -0.1) is 0 Å². The largest absolute Gasteiger partial charge is 0.606 e. The molecule has 0 saturated carbocycles. The Balaban J connectivity index is 2.23. The maximum atomic E-state index is 12.4. The minimum atomic E-state index is -1.00. The third-order valence-corrected chi connectivity index (χ3v) is 4.78. The summed E-state index contributed by atoms with van der Waals surface area (Å²) in [4.78, 5) is 1.99. The second kappa shape index (κ2) is 3.65. The van der Waals surface area contributed by atoms with Crippen LogP contribution in [0.15, 0.2) is 52.3 Å². The summed E-state index contributed by atoms with van der Waals surface area (Å²) in [5.41, 5.74) is 3.53. The molecule has 0 saturated heterocycles. The van der Waals surface area contributed by atoms with E-state index in [2.05, 4.69) is 12.1 Å². The Morgan fingerprint density at radius 3 is 2.62 bits per heavy atom. The molecule has 1 heterocycles. The number of rotatable bonds is 0. The predicted octanol–water partition coefficient (Wildman–Crippen LogP) is 3.07. The zero-order chi connectivity index (χ0) is 11.1. The fraction of sp³-hybridized carbons (Fsp3) is 0.143. The van der Waals surface area contributed by atoms with Crippen molar-refractivity contribution in [2.45, 2.75) is 23.1 Å². The van der Waals surface area contributed by atoms with Crippen LogP contribution in [0.3, 0.4) is 0 Å². The molecule has 2 aromatic rings. The van der Waals surface area contributed by atoms with Crippen molar-refractivity contribution < 1.29 is 4.55 Å². The lowest BCUT2D eigenvalue weighted by molar-refractivity contribution is 0.590. The first-order valence-corrected chi connectivity index (χ1v) is 6.50. The highest BCUT2D eigenvalue weighted by molar-refractivity contribution is 7.91. The molecule has 1 unspecified atom stereocenters. The van der Waals surface area contributed by atoms with Crippen molar-refractivity contribution in [2.75, 3.05) is 0 Å². The molecule has 3 rings (SSSR count). The van der Waals surface area contributed by atoms with E-state index >= 15 is 0 Å². The molecule has 80 valence electrons. The second-order valence-electron chi connectivity index (χ2n) is 4.12. The average Bonchev–Trinajstić information content (AvgIpc) is 2.29. The van der Waals surface area contributed by atoms with Crippen LogP contribution in [0, 0.1) is 6.92 Å². The van der Waals surface area contributed by atoms with Crippen molar-refractivity contribution in [1.82, 2.24) is 0 Å². The van der Waals surface area contributed by atoms with Gasteiger partial charge in [0.25, 0.3) is 0 Å². The van der Waals surface area contributed by atoms with Crippen molar-refractivity contribution >= 4 is 11.2 Å². The number of hydrogen-bond donors (Lipinski definition) is 0. The van der Waals surface area contributed by atoms with E-state index in [-0.39, 0.29) is 0 Å². The molecule has 0 bridgehead atoms. The molecule has 0 amide bonds. The zero-order valence-electron chi connectivity index (χ0n) is 9.07. The zero-order valence-corrected chi connectivity index (χ0v) is 9.88. The molecule has 0 radical (unpaired) electrons. The Morgan fingerprint density at radius 2 is 1.75 bits per heavy atom. The van der Waals surface area contributed by atoms with E-state index in [1.165, 1.54) is 11.1 Å². The van der Waals surface area contributed by atoms with Crippen LogP contribution in [0.1, 0.15) is 16.7 Å². The lowest BCUT2D eigenvalue weighted by Crippen LogP contribution is -2.15. The van der Waals surface area contributed by atoms with Gasteiger partial charge in [0.15, 0.2) is 9.79 Å². The minimum Gasteiger partial charge on any atom is -0.606 e. The van der Waals surface area contributed by atoms with E-state index in [9.17, 15) is 4.55 Å². The van der Waals surface area contributed by atoms with E-state index in [1.54, 1.807) is 0 Å². The SMILES string of the molecule is Cc1cccc2c1[S+]([O-])c1ccccc1C2. The van der Waals surface area contributed by atoms with Gasteiger partial charge >= 0.3 is 0 Å². The monoisotopic (exact) mass is 228 g/mol. The Morgan fingerprint density at radius 1 is 1.00 bits per heavy atom. The van der Waals surface area contributed by atoms with Crippen LogP contribution in [0.2, 0.25) is 0 Å². The van der Waals surface area contributed by atoms with Gasteiger partial charge in [-0.25, -0.2) is 0 Å². The summed E-state index contributed by atoms with van der Waals surface area (Å²) >= 11 is -1.00. The molecular weight excluding hydrogens is 216 g/mol. The molecule has 1 aliphatic rings. The number of aryl methyl sites for hydroxylation is 1. The Kier molecular flexibility index (Phi) is 2.27. The molecule has 1 atom stereocenters. The van der Waals surface area contributed by atoms with Crippen LogP contribution in [0.25, 0.3) is 0 Å². The summed E-state index contributed by atoms with van der Waals surface area (Å²) in [5, 5.41) is 0. The molecule has 1 aliphatic heterocycles. The maximum Gasteiger partial charge on any atom is 0.164 e. The highest BCUT2D eigenvalue weighted by atomic mass is 32.2. The van der Waals surface area contributed by atoms with Crippen LogP contribution in [0.4, 0.5) is 0 Å². The quantitative estimate of drug-likeness (QED) is 0.635. The molecule has 0 spiro atoms. The number of benzene rings is 2. The van der Waals surface area contributed by atoms with Crippen LogP contribution in [-0.2, 0) is 17.6 Å². The van der Waals surface area contributed by atoms with Gasteiger partial charge in [0.1, 0.15) is 0 Å². The molecule has 0 fully saturated rings. The standard InChI is InChI=1S/C14H12OS/c1-10-5-4-7-12-9-11-6-2-3-8-13(11)16(15)14(10)12/h2-8H,9H2,1H3. The molecule has 0 aromatic heterocycles. The summed E-state index contributed by atoms with van der Waals surface area (Å²) in [5.74, 6) is 0. The minimum absolute atomic E-state index is 0.902. The number of hydrogen-bond acceptors (Lipinski definition) is 1. The third-order valence-electron chi connectivity index (χ3n) is 3.03. The van der Waals surface area contributed by atoms with Crippen LogP contribution < -0.4 is 0 Å². The molecular formula is C14H12OS. The van der Waals surface area contributed by atoms with E-state index in [4.69, 9.17) is 0 Å². The average molecular weight is 228 g/mol. The topological polar surface area (TPSA) is 23.1 Å². The molecule has 2 heteroatoms. The fourth-order valence-electron chi connectivity index (χ4n) is 2.26. The summed E-state index contributed by atoms with van der Waals surface area (Å²) in [6.07, 6.45) is 0.902. The Bertz CT molecular complexity index is 548. The van der Waals surface area contributed by atoms with Crippen molar-refractivity contribution in [3.05, 3.63) is 59.2 Å². The van der Waals surface area contributed by atoms with Crippen LogP contribution in [0.5, 0.6) is 0 Å². The Labute approximate surface area is 98.3 Å². The van der Waals surface area contributed by atoms with Crippen LogP contribution in [-0.4, -0.2) is 4.55 Å². The highest BCUT2D eigenvalue weighted by Crippen LogP contribution is 2.35. The summed E-state index contributed by atoms with van der Waals surface area (Å²) in [6, 6.07) is 14.2. The molecule has 2 aromatic carbocycles. The normalized spacial score (nSPS) is 17.8. The first-order chi connectivity index (χ1) is 7.77. The van der Waals surface area contributed by atoms with Gasteiger partial charge in [-0.3, -0.25) is 0 Å². The van der Waals surface area contributed by atoms with Crippen LogP contribution >= 0.6 is 0 Å². The molecule has 1 nitrogen and oxygen atoms in total. The highest BCUT2D eigenvalue weighted by Gasteiger charge is 2.29. The maximum absolute atomic E-state index is 12.4. The van der Waals surface area contributed by atoms with Crippen molar-refractivity contribution in [2.24, 2.45) is 0 Å². The van der Waals surface area contributed by atoms with Gasteiger partial charge in [-0.1, -0.05) is 36.4 Å². The van der Waals surface area contributed by atoms with Gasteiger partial charge in [-0.05, 0) is 13.0 Å². The fourth-order valence-corrected chi connectivity index (χ4v) is 3.80. The summed E-state index contributed by atoms with van der Waals surface area (Å²) in [6.45, 7) is 2.03. The van der Waals surface area contributed by atoms with Gasteiger partial charge in [0, 0.05) is 34.3 Å². The third kappa shape index (κ3) is 1.38. The van der Waals surface area contributed by atoms with Gasteiger partial charge in [0.05, 0.1) is 0 Å². The van der Waals surface area contributed by atoms with Gasteiger partial charge < -0.3 is 4.55 Å². The van der Waals surface area contributed by atoms with E-state index in [0.29, 0.717) is 0 Å². The van der Waals surface area contributed by atoms with Crippen molar-refractivity contribution in [3.8, 4) is 0 Å². The lowest BCUT2D eigenvalue weighted by Gasteiger charge is -2.22. The summed E-state index contributed by atoms with van der Waals surface area (Å²) in [7, 11) is 0. The van der Waals surface area contributed by atoms with Crippen molar-refractivity contribution in [1.29, 1.82) is 0 Å².